The maximum absolute atomic E-state index is 11.8. The third kappa shape index (κ3) is 4.53. The van der Waals surface area contributed by atoms with Gasteiger partial charge in [-0.05, 0) is 35.9 Å². The molecule has 1 amide bonds. The molecule has 114 valence electrons. The van der Waals surface area contributed by atoms with Gasteiger partial charge in [0.15, 0.2) is 6.61 Å². The number of carboxylic acid groups (broad SMARTS) is 1. The van der Waals surface area contributed by atoms with Gasteiger partial charge in [0, 0.05) is 11.4 Å². The summed E-state index contributed by atoms with van der Waals surface area (Å²) in [6, 6.07) is 13.3. The first-order chi connectivity index (χ1) is 10.6. The molecule has 0 aliphatic rings. The minimum atomic E-state index is -1.04. The first-order valence-electron chi connectivity index (χ1n) is 6.54. The Bertz CT molecular complexity index is 670. The Morgan fingerprint density at radius 2 is 1.86 bits per heavy atom. The number of hydrogen-bond donors (Lipinski definition) is 3. The lowest BCUT2D eigenvalue weighted by Crippen LogP contribution is -2.20. The van der Waals surface area contributed by atoms with E-state index in [0.29, 0.717) is 17.2 Å². The van der Waals surface area contributed by atoms with Crippen LogP contribution < -0.4 is 10.1 Å². The van der Waals surface area contributed by atoms with E-state index in [1.807, 2.05) is 12.1 Å². The number of hydrogen-bond acceptors (Lipinski definition) is 4. The van der Waals surface area contributed by atoms with Crippen molar-refractivity contribution in [2.75, 3.05) is 11.9 Å². The zero-order valence-corrected chi connectivity index (χ0v) is 12.5. The lowest BCUT2D eigenvalue weighted by Gasteiger charge is -2.08. The Morgan fingerprint density at radius 3 is 2.50 bits per heavy atom. The van der Waals surface area contributed by atoms with Gasteiger partial charge in [0.05, 0.1) is 5.56 Å². The number of benzene rings is 2. The molecule has 0 radical (unpaired) electrons. The smallest absolute Gasteiger partial charge is 0.335 e. The fraction of sp³-hybridized carbons (Fsp3) is 0.125. The van der Waals surface area contributed by atoms with Crippen molar-refractivity contribution in [1.29, 1.82) is 0 Å². The molecule has 0 heterocycles. The number of ether oxygens (including phenoxy) is 1. The van der Waals surface area contributed by atoms with Gasteiger partial charge in [0.25, 0.3) is 5.91 Å². The normalized spacial score (nSPS) is 10.0. The molecule has 0 saturated carbocycles. The molecule has 0 saturated heterocycles. The number of carbonyl (C=O) groups excluding carboxylic acids is 1. The molecular weight excluding hydrogens is 302 g/mol. The summed E-state index contributed by atoms with van der Waals surface area (Å²) in [5, 5.41) is 11.5. The Balaban J connectivity index is 1.89. The average Bonchev–Trinajstić information content (AvgIpc) is 2.53. The Hall–Kier alpha value is -2.47. The van der Waals surface area contributed by atoms with Crippen molar-refractivity contribution >= 4 is 30.2 Å². The van der Waals surface area contributed by atoms with Gasteiger partial charge in [0.2, 0.25) is 0 Å². The summed E-state index contributed by atoms with van der Waals surface area (Å²) in [7, 11) is 0. The van der Waals surface area contributed by atoms with E-state index in [-0.39, 0.29) is 18.1 Å². The Morgan fingerprint density at radius 1 is 1.14 bits per heavy atom. The van der Waals surface area contributed by atoms with Crippen LogP contribution in [0.3, 0.4) is 0 Å². The standard InChI is InChI=1S/C16H15NO4S/c18-15(9-21-14-6-4-11(10-22)5-7-14)17-13-3-1-2-12(8-13)16(19)20/h1-8,22H,9-10H2,(H,17,18)(H,19,20). The minimum absolute atomic E-state index is 0.112. The van der Waals surface area contributed by atoms with Gasteiger partial charge >= 0.3 is 5.97 Å². The zero-order valence-electron chi connectivity index (χ0n) is 11.7. The first kappa shape index (κ1) is 15.9. The SMILES string of the molecule is O=C(COc1ccc(CS)cc1)Nc1cccc(C(=O)O)c1. The summed E-state index contributed by atoms with van der Waals surface area (Å²) < 4.78 is 5.36. The van der Waals surface area contributed by atoms with Gasteiger partial charge in [-0.1, -0.05) is 18.2 Å². The van der Waals surface area contributed by atoms with Crippen LogP contribution in [0.2, 0.25) is 0 Å². The van der Waals surface area contributed by atoms with E-state index in [2.05, 4.69) is 17.9 Å². The molecular formula is C16H15NO4S. The number of aromatic carboxylic acids is 1. The van der Waals surface area contributed by atoms with Crippen LogP contribution >= 0.6 is 12.6 Å². The van der Waals surface area contributed by atoms with Crippen LogP contribution in [0.4, 0.5) is 5.69 Å². The lowest BCUT2D eigenvalue weighted by atomic mass is 10.2. The summed E-state index contributed by atoms with van der Waals surface area (Å²) in [4.78, 5) is 22.7. The summed E-state index contributed by atoms with van der Waals surface area (Å²) in [6.07, 6.45) is 0. The Kier molecular flexibility index (Phi) is 5.43. The highest BCUT2D eigenvalue weighted by atomic mass is 32.1. The van der Waals surface area contributed by atoms with Crippen LogP contribution in [0.5, 0.6) is 5.75 Å². The second kappa shape index (κ2) is 7.51. The molecule has 2 N–H and O–H groups in total. The predicted molar refractivity (Wildman–Crippen MR) is 86.7 cm³/mol. The predicted octanol–water partition coefficient (Wildman–Crippen LogP) is 2.83. The van der Waals surface area contributed by atoms with E-state index >= 15 is 0 Å². The molecule has 2 rings (SSSR count). The fourth-order valence-corrected chi connectivity index (χ4v) is 1.98. The second-order valence-electron chi connectivity index (χ2n) is 4.52. The monoisotopic (exact) mass is 317 g/mol. The fourth-order valence-electron chi connectivity index (χ4n) is 1.77. The molecule has 2 aromatic rings. The van der Waals surface area contributed by atoms with Crippen molar-refractivity contribution in [3.05, 3.63) is 59.7 Å². The number of rotatable bonds is 6. The van der Waals surface area contributed by atoms with Crippen LogP contribution in [0, 0.1) is 0 Å². The van der Waals surface area contributed by atoms with E-state index in [9.17, 15) is 9.59 Å². The van der Waals surface area contributed by atoms with Crippen LogP contribution in [-0.2, 0) is 10.5 Å². The molecule has 0 unspecified atom stereocenters. The first-order valence-corrected chi connectivity index (χ1v) is 7.17. The molecule has 0 spiro atoms. The zero-order chi connectivity index (χ0) is 15.9. The number of carbonyl (C=O) groups is 2. The van der Waals surface area contributed by atoms with E-state index < -0.39 is 5.97 Å². The Labute approximate surface area is 133 Å². The number of thiol groups is 1. The van der Waals surface area contributed by atoms with Crippen molar-refractivity contribution in [3.8, 4) is 5.75 Å². The third-order valence-electron chi connectivity index (χ3n) is 2.87. The highest BCUT2D eigenvalue weighted by Gasteiger charge is 2.07. The molecule has 0 fully saturated rings. The van der Waals surface area contributed by atoms with E-state index in [1.165, 1.54) is 12.1 Å². The molecule has 0 atom stereocenters. The molecule has 2 aromatic carbocycles. The molecule has 22 heavy (non-hydrogen) atoms. The van der Waals surface area contributed by atoms with Crippen LogP contribution in [0.1, 0.15) is 15.9 Å². The maximum atomic E-state index is 11.8. The van der Waals surface area contributed by atoms with Crippen molar-refractivity contribution in [1.82, 2.24) is 0 Å². The number of anilines is 1. The van der Waals surface area contributed by atoms with Gasteiger partial charge in [-0.25, -0.2) is 4.79 Å². The topological polar surface area (TPSA) is 75.6 Å². The van der Waals surface area contributed by atoms with Crippen LogP contribution in [0.25, 0.3) is 0 Å². The lowest BCUT2D eigenvalue weighted by molar-refractivity contribution is -0.118. The van der Waals surface area contributed by atoms with Gasteiger partial charge in [-0.2, -0.15) is 12.6 Å². The largest absolute Gasteiger partial charge is 0.484 e. The quantitative estimate of drug-likeness (QED) is 0.716. The number of carboxylic acids is 1. The van der Waals surface area contributed by atoms with Gasteiger partial charge in [0.1, 0.15) is 5.75 Å². The van der Waals surface area contributed by atoms with Crippen molar-refractivity contribution in [2.45, 2.75) is 5.75 Å². The second-order valence-corrected chi connectivity index (χ2v) is 4.84. The number of nitrogens with one attached hydrogen (secondary N) is 1. The van der Waals surface area contributed by atoms with E-state index in [4.69, 9.17) is 9.84 Å². The highest BCUT2D eigenvalue weighted by Crippen LogP contribution is 2.14. The molecule has 6 heteroatoms. The van der Waals surface area contributed by atoms with Gasteiger partial charge in [-0.3, -0.25) is 4.79 Å². The van der Waals surface area contributed by atoms with Crippen LogP contribution in [0.15, 0.2) is 48.5 Å². The molecule has 5 nitrogen and oxygen atoms in total. The van der Waals surface area contributed by atoms with E-state index in [1.54, 1.807) is 24.3 Å². The average molecular weight is 317 g/mol. The van der Waals surface area contributed by atoms with Gasteiger partial charge < -0.3 is 15.2 Å². The highest BCUT2D eigenvalue weighted by molar-refractivity contribution is 7.79. The molecule has 0 aliphatic heterocycles. The summed E-state index contributed by atoms with van der Waals surface area (Å²) in [5.41, 5.74) is 1.59. The van der Waals surface area contributed by atoms with Crippen LogP contribution in [-0.4, -0.2) is 23.6 Å². The molecule has 0 aliphatic carbocycles. The van der Waals surface area contributed by atoms with Crippen molar-refractivity contribution in [2.24, 2.45) is 0 Å². The van der Waals surface area contributed by atoms with Crippen molar-refractivity contribution in [3.63, 3.8) is 0 Å². The number of amides is 1. The summed E-state index contributed by atoms with van der Waals surface area (Å²) in [6.45, 7) is -0.155. The molecule has 0 aromatic heterocycles. The van der Waals surface area contributed by atoms with Crippen molar-refractivity contribution < 1.29 is 19.4 Å². The minimum Gasteiger partial charge on any atom is -0.484 e. The summed E-state index contributed by atoms with van der Waals surface area (Å²) >= 11 is 4.16. The van der Waals surface area contributed by atoms with Gasteiger partial charge in [-0.15, -0.1) is 0 Å². The summed E-state index contributed by atoms with van der Waals surface area (Å²) in [5.74, 6) is -0.182. The third-order valence-corrected chi connectivity index (χ3v) is 3.23. The molecule has 0 bridgehead atoms. The van der Waals surface area contributed by atoms with E-state index in [0.717, 1.165) is 5.56 Å². The maximum Gasteiger partial charge on any atom is 0.335 e.